The lowest BCUT2D eigenvalue weighted by Crippen LogP contribution is -2.22. The molecule has 2 aliphatic rings. The van der Waals surface area contributed by atoms with Gasteiger partial charge in [0.25, 0.3) is 0 Å². The molecule has 0 unspecified atom stereocenters. The van der Waals surface area contributed by atoms with Crippen molar-refractivity contribution in [1.82, 2.24) is 5.32 Å². The molecule has 0 radical (unpaired) electrons. The molecule has 1 heterocycles. The van der Waals surface area contributed by atoms with Gasteiger partial charge in [-0.2, -0.15) is 0 Å². The van der Waals surface area contributed by atoms with Gasteiger partial charge in [0.2, 0.25) is 0 Å². The summed E-state index contributed by atoms with van der Waals surface area (Å²) in [5.41, 5.74) is 1.26. The molecular weight excluding hydrogens is 166 g/mol. The van der Waals surface area contributed by atoms with E-state index in [1.54, 1.807) is 0 Å². The van der Waals surface area contributed by atoms with E-state index in [9.17, 15) is 0 Å². The zero-order valence-electron chi connectivity index (χ0n) is 6.79. The van der Waals surface area contributed by atoms with Crippen LogP contribution in [0, 0.1) is 0 Å². The van der Waals surface area contributed by atoms with E-state index in [4.69, 9.17) is 0 Å². The highest BCUT2D eigenvalue weighted by molar-refractivity contribution is 8.03. The van der Waals surface area contributed by atoms with Crippen LogP contribution in [0.4, 0.5) is 0 Å². The number of rotatable bonds is 0. The number of nitrogens with one attached hydrogen (secondary N) is 1. The molecule has 1 aliphatic carbocycles. The molecule has 0 aromatic carbocycles. The molecule has 62 valence electrons. The minimum Gasteiger partial charge on any atom is -0.383 e. The molecule has 0 aromatic rings. The molecular formula is C10H11NS. The number of hydrogen-bond acceptors (Lipinski definition) is 2. The fourth-order valence-electron chi connectivity index (χ4n) is 1.21. The van der Waals surface area contributed by atoms with Gasteiger partial charge in [0, 0.05) is 22.9 Å². The number of fused-ring (bicyclic) bond motifs is 1. The largest absolute Gasteiger partial charge is 0.383 e. The van der Waals surface area contributed by atoms with Crippen LogP contribution in [0.3, 0.4) is 0 Å². The van der Waals surface area contributed by atoms with Crippen molar-refractivity contribution >= 4 is 11.8 Å². The van der Waals surface area contributed by atoms with Gasteiger partial charge in [-0.1, -0.05) is 24.3 Å². The first-order valence-corrected chi connectivity index (χ1v) is 5.08. The van der Waals surface area contributed by atoms with E-state index in [1.807, 2.05) is 17.8 Å². The Morgan fingerprint density at radius 3 is 2.83 bits per heavy atom. The van der Waals surface area contributed by atoms with Crippen LogP contribution >= 0.6 is 11.8 Å². The summed E-state index contributed by atoms with van der Waals surface area (Å²) in [6.45, 7) is 1.07. The van der Waals surface area contributed by atoms with Crippen molar-refractivity contribution < 1.29 is 0 Å². The van der Waals surface area contributed by atoms with Gasteiger partial charge in [-0.25, -0.2) is 0 Å². The van der Waals surface area contributed by atoms with Crippen LogP contribution in [0.5, 0.6) is 0 Å². The van der Waals surface area contributed by atoms with Gasteiger partial charge in [-0.15, -0.1) is 11.8 Å². The van der Waals surface area contributed by atoms with Crippen molar-refractivity contribution in [2.24, 2.45) is 0 Å². The van der Waals surface area contributed by atoms with Gasteiger partial charge < -0.3 is 5.32 Å². The average molecular weight is 177 g/mol. The van der Waals surface area contributed by atoms with Crippen molar-refractivity contribution in [2.45, 2.75) is 0 Å². The second kappa shape index (κ2) is 3.68. The SMILES string of the molecule is C1=C\C=C\C=C2\NCCS\C2=C/1. The molecule has 2 heteroatoms. The number of allylic oxidation sites excluding steroid dienone is 6. The lowest BCUT2D eigenvalue weighted by Gasteiger charge is -2.19. The standard InChI is InChI=1S/C10H11NS/c1-2-4-6-10-9(5-3-1)11-7-8-12-10/h1-6,11H,7-8H2/b2-1?,3-1+,4-2-,5-3?,6-4?,9-5+,10-6-. The highest BCUT2D eigenvalue weighted by Gasteiger charge is 2.09. The zero-order chi connectivity index (χ0) is 8.23. The van der Waals surface area contributed by atoms with Gasteiger partial charge >= 0.3 is 0 Å². The van der Waals surface area contributed by atoms with E-state index in [0.29, 0.717) is 0 Å². The maximum Gasteiger partial charge on any atom is 0.0478 e. The first kappa shape index (κ1) is 7.74. The van der Waals surface area contributed by atoms with Crippen LogP contribution in [0.2, 0.25) is 0 Å². The van der Waals surface area contributed by atoms with E-state index in [1.165, 1.54) is 16.4 Å². The van der Waals surface area contributed by atoms with E-state index >= 15 is 0 Å². The van der Waals surface area contributed by atoms with Crippen molar-refractivity contribution in [3.63, 3.8) is 0 Å². The molecule has 0 amide bonds. The van der Waals surface area contributed by atoms with Crippen molar-refractivity contribution in [1.29, 1.82) is 0 Å². The highest BCUT2D eigenvalue weighted by atomic mass is 32.2. The van der Waals surface area contributed by atoms with Gasteiger partial charge in [0.1, 0.15) is 0 Å². The van der Waals surface area contributed by atoms with Crippen LogP contribution in [-0.4, -0.2) is 12.3 Å². The quantitative estimate of drug-likeness (QED) is 0.609. The van der Waals surface area contributed by atoms with Crippen LogP contribution in [0.1, 0.15) is 0 Å². The summed E-state index contributed by atoms with van der Waals surface area (Å²) in [5, 5.41) is 3.38. The molecule has 1 fully saturated rings. The van der Waals surface area contributed by atoms with Gasteiger partial charge in [0.15, 0.2) is 0 Å². The minimum atomic E-state index is 1.07. The Bertz CT molecular complexity index is 254. The molecule has 0 saturated carbocycles. The first-order chi connectivity index (χ1) is 5.97. The van der Waals surface area contributed by atoms with E-state index in [2.05, 4.69) is 35.7 Å². The molecule has 1 nitrogen and oxygen atoms in total. The fraction of sp³-hybridized carbons (Fsp3) is 0.200. The van der Waals surface area contributed by atoms with Gasteiger partial charge in [-0.05, 0) is 12.2 Å². The summed E-state index contributed by atoms with van der Waals surface area (Å²) >= 11 is 1.91. The Morgan fingerprint density at radius 1 is 1.08 bits per heavy atom. The molecule has 2 rings (SSSR count). The summed E-state index contributed by atoms with van der Waals surface area (Å²) in [7, 11) is 0. The molecule has 0 aromatic heterocycles. The Kier molecular flexibility index (Phi) is 2.37. The molecule has 0 bridgehead atoms. The summed E-state index contributed by atoms with van der Waals surface area (Å²) in [6.07, 6.45) is 12.5. The van der Waals surface area contributed by atoms with E-state index in [-0.39, 0.29) is 0 Å². The number of hydrogen-bond donors (Lipinski definition) is 1. The first-order valence-electron chi connectivity index (χ1n) is 4.09. The normalized spacial score (nSPS) is 35.3. The summed E-state index contributed by atoms with van der Waals surface area (Å²) in [6, 6.07) is 0. The highest BCUT2D eigenvalue weighted by Crippen LogP contribution is 2.26. The summed E-state index contributed by atoms with van der Waals surface area (Å²) in [5.74, 6) is 1.17. The molecule has 1 aliphatic heterocycles. The minimum absolute atomic E-state index is 1.07. The van der Waals surface area contributed by atoms with Gasteiger partial charge in [-0.3, -0.25) is 0 Å². The topological polar surface area (TPSA) is 12.0 Å². The second-order valence-corrected chi connectivity index (χ2v) is 3.79. The molecule has 0 atom stereocenters. The average Bonchev–Trinajstić information content (AvgIpc) is 2.06. The van der Waals surface area contributed by atoms with Crippen LogP contribution in [-0.2, 0) is 0 Å². The van der Waals surface area contributed by atoms with Crippen LogP contribution in [0.15, 0.2) is 47.1 Å². The Morgan fingerprint density at radius 2 is 1.92 bits per heavy atom. The van der Waals surface area contributed by atoms with E-state index in [0.717, 1.165) is 6.54 Å². The predicted octanol–water partition coefficient (Wildman–Crippen LogP) is 2.22. The zero-order valence-corrected chi connectivity index (χ0v) is 7.60. The van der Waals surface area contributed by atoms with Crippen molar-refractivity contribution in [2.75, 3.05) is 12.3 Å². The predicted molar refractivity (Wildman–Crippen MR) is 54.9 cm³/mol. The third-order valence-corrected chi connectivity index (χ3v) is 2.86. The lowest BCUT2D eigenvalue weighted by molar-refractivity contribution is 0.870. The third-order valence-electron chi connectivity index (χ3n) is 1.78. The molecule has 0 spiro atoms. The summed E-state index contributed by atoms with van der Waals surface area (Å²) < 4.78 is 0. The van der Waals surface area contributed by atoms with Crippen molar-refractivity contribution in [3.05, 3.63) is 47.1 Å². The Balaban J connectivity index is 2.28. The maximum atomic E-state index is 3.38. The maximum absolute atomic E-state index is 3.38. The molecule has 1 N–H and O–H groups in total. The van der Waals surface area contributed by atoms with Crippen LogP contribution < -0.4 is 5.32 Å². The second-order valence-electron chi connectivity index (χ2n) is 2.66. The molecule has 12 heavy (non-hydrogen) atoms. The third kappa shape index (κ3) is 1.64. The summed E-state index contributed by atoms with van der Waals surface area (Å²) in [4.78, 5) is 1.35. The number of thioether (sulfide) groups is 1. The smallest absolute Gasteiger partial charge is 0.0478 e. The monoisotopic (exact) mass is 177 g/mol. The van der Waals surface area contributed by atoms with Crippen LogP contribution in [0.25, 0.3) is 0 Å². The lowest BCUT2D eigenvalue weighted by atomic mass is 10.2. The Hall–Kier alpha value is -0.890. The fourth-order valence-corrected chi connectivity index (χ4v) is 2.11. The van der Waals surface area contributed by atoms with Crippen molar-refractivity contribution in [3.8, 4) is 0 Å². The van der Waals surface area contributed by atoms with Gasteiger partial charge in [0.05, 0.1) is 0 Å². The Labute approximate surface area is 76.9 Å². The molecule has 1 saturated heterocycles. The van der Waals surface area contributed by atoms with E-state index < -0.39 is 0 Å².